The Labute approximate surface area is 186 Å². The highest BCUT2D eigenvalue weighted by atomic mass is 79.9. The van der Waals surface area contributed by atoms with Crippen molar-refractivity contribution in [1.29, 1.82) is 0 Å². The molecule has 3 aromatic carbocycles. The number of amidine groups is 1. The van der Waals surface area contributed by atoms with E-state index in [0.717, 1.165) is 21.4 Å². The summed E-state index contributed by atoms with van der Waals surface area (Å²) >= 11 is 4.91. The van der Waals surface area contributed by atoms with Gasteiger partial charge in [0.25, 0.3) is 5.91 Å². The molecule has 0 N–H and O–H groups in total. The lowest BCUT2D eigenvalue weighted by molar-refractivity contribution is -0.113. The van der Waals surface area contributed by atoms with Crippen LogP contribution in [0.3, 0.4) is 0 Å². The summed E-state index contributed by atoms with van der Waals surface area (Å²) in [6.07, 6.45) is 1.85. The lowest BCUT2D eigenvalue weighted by atomic mass is 10.2. The van der Waals surface area contributed by atoms with Gasteiger partial charge in [0.15, 0.2) is 16.7 Å². The number of rotatable bonds is 3. The molecule has 5 nitrogen and oxygen atoms in total. The molecule has 30 heavy (non-hydrogen) atoms. The van der Waals surface area contributed by atoms with Gasteiger partial charge in [0, 0.05) is 4.47 Å². The molecule has 0 aromatic heterocycles. The van der Waals surface area contributed by atoms with Crippen LogP contribution in [-0.2, 0) is 4.79 Å². The fourth-order valence-electron chi connectivity index (χ4n) is 3.15. The van der Waals surface area contributed by atoms with Gasteiger partial charge in [0.1, 0.15) is 0 Å². The summed E-state index contributed by atoms with van der Waals surface area (Å²) in [5, 5.41) is 0.612. The molecule has 0 radical (unpaired) electrons. The van der Waals surface area contributed by atoms with Crippen molar-refractivity contribution >= 4 is 56.2 Å². The van der Waals surface area contributed by atoms with Crippen LogP contribution in [-0.4, -0.2) is 17.9 Å². The first-order valence-corrected chi connectivity index (χ1v) is 10.8. The number of halogens is 1. The van der Waals surface area contributed by atoms with Crippen molar-refractivity contribution in [2.45, 2.75) is 0 Å². The van der Waals surface area contributed by atoms with Crippen LogP contribution >= 0.6 is 27.7 Å². The quantitative estimate of drug-likeness (QED) is 0.434. The Balaban J connectivity index is 1.57. The Hall–Kier alpha value is -3.03. The number of fused-ring (bicyclic) bond motifs is 1. The van der Waals surface area contributed by atoms with Crippen molar-refractivity contribution in [3.63, 3.8) is 0 Å². The molecule has 1 fully saturated rings. The number of hydrogen-bond donors (Lipinski definition) is 0. The largest absolute Gasteiger partial charge is 0.454 e. The Kier molecular flexibility index (Phi) is 5.06. The van der Waals surface area contributed by atoms with Gasteiger partial charge in [-0.2, -0.15) is 0 Å². The number of thioether (sulfide) groups is 1. The molecule has 0 atom stereocenters. The van der Waals surface area contributed by atoms with E-state index in [2.05, 4.69) is 15.9 Å². The van der Waals surface area contributed by atoms with Crippen molar-refractivity contribution in [3.8, 4) is 11.5 Å². The molecular weight excluding hydrogens is 464 g/mol. The molecular formula is C23H15BrN2O3S. The average Bonchev–Trinajstić information content (AvgIpc) is 3.33. The van der Waals surface area contributed by atoms with Gasteiger partial charge in [-0.05, 0) is 59.8 Å². The molecule has 0 bridgehead atoms. The van der Waals surface area contributed by atoms with Gasteiger partial charge in [-0.25, -0.2) is 4.99 Å². The topological polar surface area (TPSA) is 51.1 Å². The van der Waals surface area contributed by atoms with Crippen LogP contribution in [0.15, 0.2) is 87.2 Å². The summed E-state index contributed by atoms with van der Waals surface area (Å²) in [6, 6.07) is 22.9. The zero-order valence-electron chi connectivity index (χ0n) is 15.6. The summed E-state index contributed by atoms with van der Waals surface area (Å²) < 4.78 is 11.7. The molecule has 7 heteroatoms. The number of benzene rings is 3. The molecule has 1 saturated heterocycles. The highest BCUT2D eigenvalue weighted by Crippen LogP contribution is 2.41. The summed E-state index contributed by atoms with van der Waals surface area (Å²) in [6.45, 7) is 0.200. The van der Waals surface area contributed by atoms with Crippen LogP contribution in [0.2, 0.25) is 0 Å². The van der Waals surface area contributed by atoms with Crippen LogP contribution in [0.1, 0.15) is 5.56 Å². The second-order valence-electron chi connectivity index (χ2n) is 6.54. The van der Waals surface area contributed by atoms with E-state index < -0.39 is 0 Å². The highest BCUT2D eigenvalue weighted by molar-refractivity contribution is 9.10. The van der Waals surface area contributed by atoms with E-state index in [0.29, 0.717) is 21.6 Å². The second kappa shape index (κ2) is 8.01. The van der Waals surface area contributed by atoms with Crippen molar-refractivity contribution in [1.82, 2.24) is 0 Å². The van der Waals surface area contributed by atoms with Gasteiger partial charge in [0.05, 0.1) is 16.3 Å². The van der Waals surface area contributed by atoms with E-state index in [4.69, 9.17) is 14.5 Å². The second-order valence-corrected chi connectivity index (χ2v) is 8.41. The first-order valence-electron chi connectivity index (χ1n) is 9.21. The van der Waals surface area contributed by atoms with Gasteiger partial charge in [0.2, 0.25) is 6.79 Å². The SMILES string of the molecule is O=C1/C(=C/c2cc3c(cc2Br)OCO3)SC(=Nc2ccccc2)N1c1ccccc1. The molecule has 3 aromatic rings. The van der Waals surface area contributed by atoms with Crippen LogP contribution in [0.25, 0.3) is 6.08 Å². The molecule has 0 saturated carbocycles. The number of carbonyl (C=O) groups excluding carboxylic acids is 1. The van der Waals surface area contributed by atoms with Gasteiger partial charge in [-0.1, -0.05) is 52.3 Å². The Bertz CT molecular complexity index is 1180. The van der Waals surface area contributed by atoms with E-state index in [1.54, 1.807) is 4.90 Å². The molecule has 5 rings (SSSR count). The third-order valence-corrected chi connectivity index (χ3v) is 6.24. The summed E-state index contributed by atoms with van der Waals surface area (Å²) in [5.41, 5.74) is 2.40. The number of amides is 1. The minimum atomic E-state index is -0.120. The maximum atomic E-state index is 13.3. The maximum absolute atomic E-state index is 13.3. The lowest BCUT2D eigenvalue weighted by Crippen LogP contribution is -2.28. The Morgan fingerprint density at radius 3 is 2.37 bits per heavy atom. The highest BCUT2D eigenvalue weighted by Gasteiger charge is 2.35. The van der Waals surface area contributed by atoms with E-state index in [-0.39, 0.29) is 12.7 Å². The molecule has 1 amide bonds. The number of carbonyl (C=O) groups is 1. The fourth-order valence-corrected chi connectivity index (χ4v) is 4.58. The zero-order valence-corrected chi connectivity index (χ0v) is 18.0. The van der Waals surface area contributed by atoms with E-state index in [1.165, 1.54) is 11.8 Å². The molecule has 0 unspecified atom stereocenters. The summed E-state index contributed by atoms with van der Waals surface area (Å²) in [4.78, 5) is 20.3. The van der Waals surface area contributed by atoms with E-state index in [1.807, 2.05) is 78.9 Å². The number of anilines is 1. The molecule has 148 valence electrons. The number of hydrogen-bond acceptors (Lipinski definition) is 5. The van der Waals surface area contributed by atoms with Gasteiger partial charge in [-0.3, -0.25) is 9.69 Å². The molecule has 2 aliphatic heterocycles. The molecule has 0 spiro atoms. The maximum Gasteiger partial charge on any atom is 0.271 e. The standard InChI is InChI=1S/C23H15BrN2O3S/c24-18-13-20-19(28-14-29-20)11-15(18)12-21-22(27)26(17-9-5-2-6-10-17)23(30-21)25-16-7-3-1-4-8-16/h1-13H,14H2/b21-12-,25-23?. The Morgan fingerprint density at radius 1 is 0.967 bits per heavy atom. The summed E-state index contributed by atoms with van der Waals surface area (Å²) in [5.74, 6) is 1.23. The Morgan fingerprint density at radius 2 is 1.63 bits per heavy atom. The first kappa shape index (κ1) is 19.0. The van der Waals surface area contributed by atoms with E-state index >= 15 is 0 Å². The van der Waals surface area contributed by atoms with Crippen molar-refractivity contribution < 1.29 is 14.3 Å². The van der Waals surface area contributed by atoms with Crippen molar-refractivity contribution in [3.05, 3.63) is 87.7 Å². The monoisotopic (exact) mass is 478 g/mol. The molecule has 0 aliphatic carbocycles. The zero-order chi connectivity index (χ0) is 20.5. The molecule has 2 heterocycles. The normalized spacial score (nSPS) is 17.9. The number of nitrogens with zero attached hydrogens (tertiary/aromatic N) is 2. The van der Waals surface area contributed by atoms with Crippen molar-refractivity contribution in [2.24, 2.45) is 4.99 Å². The van der Waals surface area contributed by atoms with Crippen molar-refractivity contribution in [2.75, 3.05) is 11.7 Å². The first-order chi connectivity index (χ1) is 14.7. The summed E-state index contributed by atoms with van der Waals surface area (Å²) in [7, 11) is 0. The minimum Gasteiger partial charge on any atom is -0.454 e. The minimum absolute atomic E-state index is 0.120. The van der Waals surface area contributed by atoms with Gasteiger partial charge < -0.3 is 9.47 Å². The van der Waals surface area contributed by atoms with Gasteiger partial charge >= 0.3 is 0 Å². The smallest absolute Gasteiger partial charge is 0.271 e. The predicted octanol–water partition coefficient (Wildman–Crippen LogP) is 5.99. The number of ether oxygens (including phenoxy) is 2. The lowest BCUT2D eigenvalue weighted by Gasteiger charge is -2.15. The predicted molar refractivity (Wildman–Crippen MR) is 123 cm³/mol. The van der Waals surface area contributed by atoms with Crippen LogP contribution < -0.4 is 14.4 Å². The third-order valence-electron chi connectivity index (χ3n) is 4.58. The van der Waals surface area contributed by atoms with Crippen LogP contribution in [0.4, 0.5) is 11.4 Å². The average molecular weight is 479 g/mol. The third kappa shape index (κ3) is 3.62. The van der Waals surface area contributed by atoms with E-state index in [9.17, 15) is 4.79 Å². The number of para-hydroxylation sites is 2. The van der Waals surface area contributed by atoms with Crippen LogP contribution in [0, 0.1) is 0 Å². The van der Waals surface area contributed by atoms with Gasteiger partial charge in [-0.15, -0.1) is 0 Å². The molecule has 2 aliphatic rings. The number of aliphatic imine (C=N–C) groups is 1. The fraction of sp³-hybridized carbons (Fsp3) is 0.0435. The van der Waals surface area contributed by atoms with Crippen LogP contribution in [0.5, 0.6) is 11.5 Å².